The topological polar surface area (TPSA) is 82.4 Å². The summed E-state index contributed by atoms with van der Waals surface area (Å²) in [4.78, 5) is 19.2. The molecule has 0 spiro atoms. The highest BCUT2D eigenvalue weighted by Gasteiger charge is 2.60. The molecule has 4 aliphatic rings. The molecular formula is C24H33N5O3. The first-order valence-electron chi connectivity index (χ1n) is 11.9. The quantitative estimate of drug-likeness (QED) is 0.641. The fourth-order valence-electron chi connectivity index (χ4n) is 5.35. The third kappa shape index (κ3) is 3.73. The third-order valence-electron chi connectivity index (χ3n) is 7.62. The van der Waals surface area contributed by atoms with Gasteiger partial charge >= 0.3 is 6.09 Å². The second-order valence-electron chi connectivity index (χ2n) is 9.70. The number of pyridine rings is 1. The molecule has 8 heteroatoms. The Morgan fingerprint density at radius 2 is 1.97 bits per heavy atom. The van der Waals surface area contributed by atoms with Crippen LogP contribution in [0.25, 0.3) is 11.4 Å². The molecule has 2 heterocycles. The molecule has 0 saturated heterocycles. The Bertz CT molecular complexity index is 980. The van der Waals surface area contributed by atoms with Crippen molar-refractivity contribution in [1.82, 2.24) is 24.9 Å². The maximum Gasteiger partial charge on any atom is 0.410 e. The minimum atomic E-state index is -0.284. The molecule has 4 saturated carbocycles. The highest BCUT2D eigenvalue weighted by atomic mass is 16.6. The van der Waals surface area contributed by atoms with E-state index in [4.69, 9.17) is 14.5 Å². The Labute approximate surface area is 189 Å². The summed E-state index contributed by atoms with van der Waals surface area (Å²) in [5.74, 6) is 1.67. The van der Waals surface area contributed by atoms with Gasteiger partial charge in [0, 0.05) is 19.6 Å². The van der Waals surface area contributed by atoms with Crippen molar-refractivity contribution in [3.63, 3.8) is 0 Å². The molecule has 1 amide bonds. The van der Waals surface area contributed by atoms with Crippen molar-refractivity contribution in [3.8, 4) is 17.1 Å². The van der Waals surface area contributed by atoms with Gasteiger partial charge < -0.3 is 14.4 Å². The minimum absolute atomic E-state index is 0.0427. The number of rotatable bonds is 7. The van der Waals surface area contributed by atoms with E-state index in [1.165, 1.54) is 19.3 Å². The van der Waals surface area contributed by atoms with E-state index in [2.05, 4.69) is 17.2 Å². The fourth-order valence-corrected chi connectivity index (χ4v) is 5.35. The zero-order chi connectivity index (χ0) is 22.3. The number of carbonyl (C=O) groups excluding carboxylic acids is 1. The lowest BCUT2D eigenvalue weighted by atomic mass is 9.49. The molecule has 0 atom stereocenters. The minimum Gasteiger partial charge on any atom is -0.489 e. The molecule has 2 aromatic rings. The van der Waals surface area contributed by atoms with E-state index < -0.39 is 0 Å². The Morgan fingerprint density at radius 1 is 1.22 bits per heavy atom. The summed E-state index contributed by atoms with van der Waals surface area (Å²) in [5, 5.41) is 8.48. The highest BCUT2D eigenvalue weighted by Crippen LogP contribution is 2.60. The first kappa shape index (κ1) is 21.2. The maximum absolute atomic E-state index is 12.6. The van der Waals surface area contributed by atoms with E-state index in [1.807, 2.05) is 26.2 Å². The Kier molecular flexibility index (Phi) is 5.55. The molecule has 172 valence electrons. The van der Waals surface area contributed by atoms with Crippen LogP contribution in [-0.4, -0.2) is 49.7 Å². The molecule has 0 aromatic carbocycles. The van der Waals surface area contributed by atoms with Crippen molar-refractivity contribution in [3.05, 3.63) is 23.5 Å². The Balaban J connectivity index is 1.30. The molecule has 0 N–H and O–H groups in total. The Morgan fingerprint density at radius 3 is 2.62 bits per heavy atom. The van der Waals surface area contributed by atoms with Gasteiger partial charge in [0.15, 0.2) is 0 Å². The van der Waals surface area contributed by atoms with Crippen LogP contribution in [-0.2, 0) is 24.8 Å². The van der Waals surface area contributed by atoms with Gasteiger partial charge in [0.25, 0.3) is 0 Å². The van der Waals surface area contributed by atoms with Crippen LogP contribution in [0.3, 0.4) is 0 Å². The van der Waals surface area contributed by atoms with Gasteiger partial charge in [-0.1, -0.05) is 18.6 Å². The van der Waals surface area contributed by atoms with Gasteiger partial charge in [0.05, 0.1) is 17.5 Å². The summed E-state index contributed by atoms with van der Waals surface area (Å²) in [6.07, 6.45) is 10.1. The van der Waals surface area contributed by atoms with Gasteiger partial charge in [-0.3, -0.25) is 0 Å². The van der Waals surface area contributed by atoms with Gasteiger partial charge in [-0.25, -0.2) is 14.5 Å². The van der Waals surface area contributed by atoms with Crippen LogP contribution in [0, 0.1) is 5.92 Å². The lowest BCUT2D eigenvalue weighted by Crippen LogP contribution is -2.68. The number of nitrogens with zero attached hydrogens (tertiary/aromatic N) is 5. The standard InChI is InChI=1S/C24H33N5O3/c1-4-18-21(32-17-8-6-5-7-9-17)11-10-19(25-18)22-20(29(3)27-26-22)15-31-23(30)28(2)24-12-16(13-24)14-24/h10-11,16-17H,4-9,12-15H2,1-3H3. The van der Waals surface area contributed by atoms with Crippen LogP contribution >= 0.6 is 0 Å². The molecule has 32 heavy (non-hydrogen) atoms. The van der Waals surface area contributed by atoms with E-state index in [-0.39, 0.29) is 24.3 Å². The number of aromatic nitrogens is 4. The summed E-state index contributed by atoms with van der Waals surface area (Å²) in [7, 11) is 3.66. The summed E-state index contributed by atoms with van der Waals surface area (Å²) in [6, 6.07) is 3.93. The van der Waals surface area contributed by atoms with Gasteiger partial charge in [0.2, 0.25) is 0 Å². The number of hydrogen-bond acceptors (Lipinski definition) is 6. The van der Waals surface area contributed by atoms with Crippen LogP contribution < -0.4 is 4.74 Å². The average molecular weight is 440 g/mol. The number of aryl methyl sites for hydroxylation is 2. The predicted octanol–water partition coefficient (Wildman–Crippen LogP) is 4.27. The molecule has 2 aromatic heterocycles. The lowest BCUT2D eigenvalue weighted by Gasteiger charge is -2.64. The molecule has 0 aliphatic heterocycles. The maximum atomic E-state index is 12.6. The van der Waals surface area contributed by atoms with E-state index in [0.717, 1.165) is 67.3 Å². The SMILES string of the molecule is CCc1nc(-c2nnn(C)c2COC(=O)N(C)C23CC(C2)C3)ccc1OC1CCCCC1. The second-order valence-corrected chi connectivity index (χ2v) is 9.70. The highest BCUT2D eigenvalue weighted by molar-refractivity contribution is 5.69. The molecule has 0 unspecified atom stereocenters. The van der Waals surface area contributed by atoms with E-state index >= 15 is 0 Å². The fraction of sp³-hybridized carbons (Fsp3) is 0.667. The number of amides is 1. The number of carbonyl (C=O) groups is 1. The van der Waals surface area contributed by atoms with Crippen LogP contribution in [0.1, 0.15) is 69.7 Å². The second kappa shape index (κ2) is 8.37. The van der Waals surface area contributed by atoms with Crippen molar-refractivity contribution in [2.45, 2.75) is 83.0 Å². The lowest BCUT2D eigenvalue weighted by molar-refractivity contribution is -0.122. The molecule has 4 fully saturated rings. The zero-order valence-electron chi connectivity index (χ0n) is 19.3. The average Bonchev–Trinajstić information content (AvgIpc) is 3.11. The van der Waals surface area contributed by atoms with Crippen LogP contribution in [0.2, 0.25) is 0 Å². The normalized spacial score (nSPS) is 24.4. The van der Waals surface area contributed by atoms with Gasteiger partial charge in [-0.2, -0.15) is 0 Å². The van der Waals surface area contributed by atoms with Crippen LogP contribution in [0.15, 0.2) is 12.1 Å². The number of ether oxygens (including phenoxy) is 2. The van der Waals surface area contributed by atoms with Crippen LogP contribution in [0.5, 0.6) is 5.75 Å². The first-order valence-corrected chi connectivity index (χ1v) is 11.9. The molecule has 2 bridgehead atoms. The molecular weight excluding hydrogens is 406 g/mol. The van der Waals surface area contributed by atoms with Gasteiger partial charge in [-0.05, 0) is 69.4 Å². The van der Waals surface area contributed by atoms with Gasteiger partial charge in [0.1, 0.15) is 23.7 Å². The summed E-state index contributed by atoms with van der Waals surface area (Å²) in [6.45, 7) is 2.20. The van der Waals surface area contributed by atoms with Crippen molar-refractivity contribution in [1.29, 1.82) is 0 Å². The van der Waals surface area contributed by atoms with Crippen molar-refractivity contribution >= 4 is 6.09 Å². The van der Waals surface area contributed by atoms with E-state index in [1.54, 1.807) is 9.58 Å². The molecule has 6 rings (SSSR count). The zero-order valence-corrected chi connectivity index (χ0v) is 19.3. The van der Waals surface area contributed by atoms with E-state index in [0.29, 0.717) is 5.69 Å². The predicted molar refractivity (Wildman–Crippen MR) is 119 cm³/mol. The van der Waals surface area contributed by atoms with Crippen LogP contribution in [0.4, 0.5) is 4.79 Å². The Hall–Kier alpha value is -2.64. The summed E-state index contributed by atoms with van der Waals surface area (Å²) >= 11 is 0. The molecule has 4 aliphatic carbocycles. The van der Waals surface area contributed by atoms with Gasteiger partial charge in [-0.15, -0.1) is 5.10 Å². The largest absolute Gasteiger partial charge is 0.489 e. The third-order valence-corrected chi connectivity index (χ3v) is 7.62. The molecule has 0 radical (unpaired) electrons. The number of hydrogen-bond donors (Lipinski definition) is 0. The van der Waals surface area contributed by atoms with Crippen molar-refractivity contribution in [2.75, 3.05) is 7.05 Å². The summed E-state index contributed by atoms with van der Waals surface area (Å²) in [5.41, 5.74) is 3.07. The van der Waals surface area contributed by atoms with Crippen molar-refractivity contribution in [2.24, 2.45) is 13.0 Å². The smallest absolute Gasteiger partial charge is 0.410 e. The first-order chi connectivity index (χ1) is 15.5. The monoisotopic (exact) mass is 439 g/mol. The van der Waals surface area contributed by atoms with E-state index in [9.17, 15) is 4.79 Å². The molecule has 8 nitrogen and oxygen atoms in total. The van der Waals surface area contributed by atoms with Crippen molar-refractivity contribution < 1.29 is 14.3 Å². The summed E-state index contributed by atoms with van der Waals surface area (Å²) < 4.78 is 13.6.